The van der Waals surface area contributed by atoms with Crippen LogP contribution in [0.25, 0.3) is 88.0 Å². The molecule has 55 heavy (non-hydrogen) atoms. The summed E-state index contributed by atoms with van der Waals surface area (Å²) in [7, 11) is 0. The summed E-state index contributed by atoms with van der Waals surface area (Å²) in [6, 6.07) is 70.9. The number of hydrogen-bond acceptors (Lipinski definition) is 3. The Labute approximate surface area is 317 Å². The van der Waals surface area contributed by atoms with E-state index in [0.29, 0.717) is 0 Å². The van der Waals surface area contributed by atoms with E-state index in [1.807, 2.05) is 12.1 Å². The van der Waals surface area contributed by atoms with Crippen molar-refractivity contribution in [3.8, 4) is 33.4 Å². The summed E-state index contributed by atoms with van der Waals surface area (Å²) >= 11 is 0. The van der Waals surface area contributed by atoms with Crippen molar-refractivity contribution in [2.45, 2.75) is 0 Å². The molecule has 0 spiro atoms. The molecular formula is C52H33NO2. The third kappa shape index (κ3) is 5.28. The van der Waals surface area contributed by atoms with Gasteiger partial charge in [-0.1, -0.05) is 146 Å². The third-order valence-corrected chi connectivity index (χ3v) is 10.9. The minimum Gasteiger partial charge on any atom is -0.456 e. The molecule has 258 valence electrons. The number of benzene rings is 9. The van der Waals surface area contributed by atoms with E-state index in [-0.39, 0.29) is 0 Å². The molecule has 2 heterocycles. The predicted octanol–water partition coefficient (Wildman–Crippen LogP) is 15.1. The monoisotopic (exact) mass is 703 g/mol. The number of hydrogen-bond donors (Lipinski definition) is 0. The topological polar surface area (TPSA) is 29.5 Å². The largest absolute Gasteiger partial charge is 0.456 e. The van der Waals surface area contributed by atoms with Gasteiger partial charge in [-0.05, 0) is 87.3 Å². The minimum atomic E-state index is 0.827. The van der Waals surface area contributed by atoms with Gasteiger partial charge in [0.25, 0.3) is 0 Å². The van der Waals surface area contributed by atoms with Crippen LogP contribution in [0.3, 0.4) is 0 Å². The lowest BCUT2D eigenvalue weighted by molar-refractivity contribution is 0.668. The Morgan fingerprint density at radius 3 is 1.56 bits per heavy atom. The summed E-state index contributed by atoms with van der Waals surface area (Å²) in [5, 5.41) is 6.59. The molecule has 0 saturated carbocycles. The van der Waals surface area contributed by atoms with Crippen molar-refractivity contribution in [1.82, 2.24) is 0 Å². The van der Waals surface area contributed by atoms with Crippen molar-refractivity contribution in [3.63, 3.8) is 0 Å². The highest BCUT2D eigenvalue weighted by molar-refractivity contribution is 6.18. The van der Waals surface area contributed by atoms with Gasteiger partial charge < -0.3 is 13.7 Å². The van der Waals surface area contributed by atoms with Crippen molar-refractivity contribution in [1.29, 1.82) is 0 Å². The number of anilines is 3. The van der Waals surface area contributed by atoms with E-state index in [1.54, 1.807) is 0 Å². The lowest BCUT2D eigenvalue weighted by Gasteiger charge is -2.26. The molecule has 0 bridgehead atoms. The Hall–Kier alpha value is -7.36. The second kappa shape index (κ2) is 12.6. The molecule has 11 aromatic rings. The minimum absolute atomic E-state index is 0.827. The van der Waals surface area contributed by atoms with Crippen LogP contribution in [0.15, 0.2) is 209 Å². The summed E-state index contributed by atoms with van der Waals surface area (Å²) in [4.78, 5) is 2.32. The summed E-state index contributed by atoms with van der Waals surface area (Å²) in [6.45, 7) is 0. The van der Waals surface area contributed by atoms with Gasteiger partial charge in [-0.15, -0.1) is 0 Å². The molecule has 0 saturated heterocycles. The fourth-order valence-corrected chi connectivity index (χ4v) is 8.12. The molecule has 0 radical (unpaired) electrons. The molecule has 0 unspecified atom stereocenters. The number of rotatable bonds is 6. The second-order valence-electron chi connectivity index (χ2n) is 14.1. The smallest absolute Gasteiger partial charge is 0.159 e. The zero-order valence-corrected chi connectivity index (χ0v) is 29.8. The first-order chi connectivity index (χ1) is 27.2. The van der Waals surface area contributed by atoms with Gasteiger partial charge in [0.15, 0.2) is 5.58 Å². The van der Waals surface area contributed by atoms with Gasteiger partial charge >= 0.3 is 0 Å². The number of furan rings is 2. The first-order valence-electron chi connectivity index (χ1n) is 18.7. The van der Waals surface area contributed by atoms with Gasteiger partial charge in [-0.25, -0.2) is 0 Å². The zero-order chi connectivity index (χ0) is 36.3. The zero-order valence-electron chi connectivity index (χ0n) is 29.8. The number of fused-ring (bicyclic) bond motifs is 8. The first kappa shape index (κ1) is 31.2. The van der Waals surface area contributed by atoms with E-state index >= 15 is 0 Å². The molecule has 3 heteroatoms. The average Bonchev–Trinajstić information content (AvgIpc) is 3.83. The second-order valence-corrected chi connectivity index (χ2v) is 14.1. The average molecular weight is 704 g/mol. The lowest BCUT2D eigenvalue weighted by atomic mass is 9.97. The van der Waals surface area contributed by atoms with Crippen molar-refractivity contribution >= 4 is 71.7 Å². The number of nitrogens with zero attached hydrogens (tertiary/aromatic N) is 1. The summed E-state index contributed by atoms with van der Waals surface area (Å²) in [5.74, 6) is 0. The molecule has 2 aromatic heterocycles. The maximum absolute atomic E-state index is 7.05. The van der Waals surface area contributed by atoms with Crippen LogP contribution in [-0.4, -0.2) is 0 Å². The summed E-state index contributed by atoms with van der Waals surface area (Å²) in [5.41, 5.74) is 13.3. The highest BCUT2D eigenvalue weighted by Gasteiger charge is 2.23. The Bertz CT molecular complexity index is 3180. The van der Waals surface area contributed by atoms with E-state index in [9.17, 15) is 0 Å². The highest BCUT2D eigenvalue weighted by atomic mass is 16.3. The van der Waals surface area contributed by atoms with Crippen LogP contribution in [0.5, 0.6) is 0 Å². The van der Waals surface area contributed by atoms with Crippen molar-refractivity contribution in [2.24, 2.45) is 0 Å². The molecule has 11 rings (SSSR count). The fraction of sp³-hybridized carbons (Fsp3) is 0. The molecular weight excluding hydrogens is 671 g/mol. The van der Waals surface area contributed by atoms with Gasteiger partial charge in [0.2, 0.25) is 0 Å². The molecule has 0 atom stereocenters. The molecule has 0 amide bonds. The summed E-state index contributed by atoms with van der Waals surface area (Å²) in [6.07, 6.45) is 0. The number of para-hydroxylation sites is 1. The van der Waals surface area contributed by atoms with Crippen LogP contribution in [0.4, 0.5) is 17.1 Å². The standard InChI is InChI=1S/C52H33NO2/c1-3-11-34(12-4-1)36-19-21-38(22-20-36)40-31-47-46-29-25-39-15-7-8-16-43(39)51(46)55-52(47)48(32-40)53(41-26-23-37(24-27-41)35-13-5-2-6-14-35)42-28-30-45-44-17-9-10-18-49(44)54-50(45)33-42/h1-33H. The predicted molar refractivity (Wildman–Crippen MR) is 229 cm³/mol. The van der Waals surface area contributed by atoms with Gasteiger partial charge in [-0.3, -0.25) is 0 Å². The Morgan fingerprint density at radius 1 is 0.291 bits per heavy atom. The maximum Gasteiger partial charge on any atom is 0.159 e. The molecule has 0 fully saturated rings. The van der Waals surface area contributed by atoms with Crippen molar-refractivity contribution < 1.29 is 8.83 Å². The van der Waals surface area contributed by atoms with E-state index in [4.69, 9.17) is 8.83 Å². The molecule has 9 aromatic carbocycles. The quantitative estimate of drug-likeness (QED) is 0.173. The lowest BCUT2D eigenvalue weighted by Crippen LogP contribution is -2.10. The van der Waals surface area contributed by atoms with Crippen LogP contribution in [0.1, 0.15) is 0 Å². The molecule has 3 nitrogen and oxygen atoms in total. The van der Waals surface area contributed by atoms with Crippen LogP contribution < -0.4 is 4.90 Å². The Balaban J connectivity index is 1.17. The normalized spacial score (nSPS) is 11.6. The first-order valence-corrected chi connectivity index (χ1v) is 18.7. The van der Waals surface area contributed by atoms with Crippen molar-refractivity contribution in [2.75, 3.05) is 4.90 Å². The van der Waals surface area contributed by atoms with E-state index in [2.05, 4.69) is 193 Å². The van der Waals surface area contributed by atoms with Gasteiger partial charge in [0, 0.05) is 38.7 Å². The maximum atomic E-state index is 7.05. The van der Waals surface area contributed by atoms with Gasteiger partial charge in [-0.2, -0.15) is 0 Å². The van der Waals surface area contributed by atoms with Crippen LogP contribution in [0.2, 0.25) is 0 Å². The molecule has 0 N–H and O–H groups in total. The van der Waals surface area contributed by atoms with E-state index in [1.165, 1.54) is 16.7 Å². The Morgan fingerprint density at radius 2 is 0.836 bits per heavy atom. The van der Waals surface area contributed by atoms with Crippen LogP contribution >= 0.6 is 0 Å². The van der Waals surface area contributed by atoms with Gasteiger partial charge in [0.1, 0.15) is 16.7 Å². The molecule has 0 aliphatic heterocycles. The SMILES string of the molecule is c1ccc(-c2ccc(-c3cc(N(c4ccc(-c5ccccc5)cc4)c4ccc5c(c4)oc4ccccc45)c4oc5c6ccccc6ccc5c4c3)cc2)cc1. The molecule has 0 aliphatic carbocycles. The van der Waals surface area contributed by atoms with E-state index in [0.717, 1.165) is 88.4 Å². The van der Waals surface area contributed by atoms with Crippen LogP contribution in [-0.2, 0) is 0 Å². The van der Waals surface area contributed by atoms with Crippen LogP contribution in [0, 0.1) is 0 Å². The fourth-order valence-electron chi connectivity index (χ4n) is 8.12. The summed E-state index contributed by atoms with van der Waals surface area (Å²) < 4.78 is 13.5. The molecule has 0 aliphatic rings. The van der Waals surface area contributed by atoms with Gasteiger partial charge in [0.05, 0.1) is 11.4 Å². The van der Waals surface area contributed by atoms with E-state index < -0.39 is 0 Å². The van der Waals surface area contributed by atoms with Crippen molar-refractivity contribution in [3.05, 3.63) is 200 Å². The third-order valence-electron chi connectivity index (χ3n) is 10.9. The Kier molecular flexibility index (Phi) is 7.17. The highest BCUT2D eigenvalue weighted by Crippen LogP contribution is 2.47.